The minimum atomic E-state index is -0.249. The molecule has 2 aliphatic heterocycles. The zero-order chi connectivity index (χ0) is 21.9. The fourth-order valence-electron chi connectivity index (χ4n) is 3.82. The van der Waals surface area contributed by atoms with E-state index in [0.29, 0.717) is 54.9 Å². The fourth-order valence-corrected chi connectivity index (χ4v) is 3.82. The number of aromatic nitrogens is 3. The number of carbonyl (C=O) groups is 1. The molecule has 0 spiro atoms. The van der Waals surface area contributed by atoms with Crippen LogP contribution >= 0.6 is 0 Å². The second kappa shape index (κ2) is 8.88. The lowest BCUT2D eigenvalue weighted by Gasteiger charge is -2.27. The average Bonchev–Trinajstić information content (AvgIpc) is 3.07. The van der Waals surface area contributed by atoms with Gasteiger partial charge in [0.05, 0.1) is 43.9 Å². The summed E-state index contributed by atoms with van der Waals surface area (Å²) in [4.78, 5) is 19.7. The van der Waals surface area contributed by atoms with Gasteiger partial charge in [-0.1, -0.05) is 0 Å². The number of fused-ring (bicyclic) bond motifs is 1. The SMILES string of the molecule is Cn1cc(C(=O)Nc2ccc(N3CCOCC3)nc2)c(-c2ccc3c(c2)OCCCO3)n1. The number of amides is 1. The number of rotatable bonds is 4. The van der Waals surface area contributed by atoms with E-state index >= 15 is 0 Å². The van der Waals surface area contributed by atoms with Crippen molar-refractivity contribution in [3.63, 3.8) is 0 Å². The van der Waals surface area contributed by atoms with Crippen LogP contribution in [-0.4, -0.2) is 60.2 Å². The van der Waals surface area contributed by atoms with Crippen molar-refractivity contribution < 1.29 is 19.0 Å². The molecule has 2 aliphatic rings. The first kappa shape index (κ1) is 20.3. The third-order valence-corrected chi connectivity index (χ3v) is 5.44. The lowest BCUT2D eigenvalue weighted by atomic mass is 10.1. The van der Waals surface area contributed by atoms with E-state index in [1.165, 1.54) is 0 Å². The fraction of sp³-hybridized carbons (Fsp3) is 0.348. The van der Waals surface area contributed by atoms with E-state index in [1.54, 1.807) is 24.1 Å². The third-order valence-electron chi connectivity index (χ3n) is 5.44. The number of pyridine rings is 1. The van der Waals surface area contributed by atoms with Gasteiger partial charge in [0.1, 0.15) is 11.5 Å². The van der Waals surface area contributed by atoms with Crippen molar-refractivity contribution in [1.29, 1.82) is 0 Å². The topological polar surface area (TPSA) is 90.7 Å². The van der Waals surface area contributed by atoms with E-state index in [2.05, 4.69) is 20.3 Å². The molecule has 0 atom stereocenters. The van der Waals surface area contributed by atoms with Gasteiger partial charge in [0.15, 0.2) is 11.5 Å². The number of ether oxygens (including phenoxy) is 3. The predicted octanol–water partition coefficient (Wildman–Crippen LogP) is 2.73. The van der Waals surface area contributed by atoms with Gasteiger partial charge < -0.3 is 24.4 Å². The first-order chi connectivity index (χ1) is 15.7. The second-order valence-corrected chi connectivity index (χ2v) is 7.74. The van der Waals surface area contributed by atoms with Crippen molar-refractivity contribution in [1.82, 2.24) is 14.8 Å². The van der Waals surface area contributed by atoms with Gasteiger partial charge in [-0.05, 0) is 30.3 Å². The van der Waals surface area contributed by atoms with Crippen LogP contribution in [0.4, 0.5) is 11.5 Å². The molecule has 1 N–H and O–H groups in total. The zero-order valence-corrected chi connectivity index (χ0v) is 17.9. The van der Waals surface area contributed by atoms with Crippen LogP contribution in [0, 0.1) is 0 Å². The van der Waals surface area contributed by atoms with Crippen LogP contribution in [0.5, 0.6) is 11.5 Å². The van der Waals surface area contributed by atoms with Crippen LogP contribution in [0.25, 0.3) is 11.3 Å². The zero-order valence-electron chi connectivity index (χ0n) is 17.9. The van der Waals surface area contributed by atoms with Crippen LogP contribution < -0.4 is 19.7 Å². The molecular weight excluding hydrogens is 410 g/mol. The minimum Gasteiger partial charge on any atom is -0.490 e. The van der Waals surface area contributed by atoms with E-state index < -0.39 is 0 Å². The van der Waals surface area contributed by atoms with Crippen molar-refractivity contribution in [2.24, 2.45) is 7.05 Å². The molecule has 0 radical (unpaired) electrons. The van der Waals surface area contributed by atoms with Gasteiger partial charge in [0.25, 0.3) is 5.91 Å². The molecule has 4 heterocycles. The highest BCUT2D eigenvalue weighted by Crippen LogP contribution is 2.35. The number of morpholine rings is 1. The lowest BCUT2D eigenvalue weighted by molar-refractivity contribution is 0.102. The molecule has 0 bridgehead atoms. The van der Waals surface area contributed by atoms with Crippen molar-refractivity contribution in [2.45, 2.75) is 6.42 Å². The van der Waals surface area contributed by atoms with Crippen molar-refractivity contribution in [3.05, 3.63) is 48.3 Å². The molecule has 3 aromatic rings. The molecule has 0 aliphatic carbocycles. The molecule has 166 valence electrons. The largest absolute Gasteiger partial charge is 0.490 e. The van der Waals surface area contributed by atoms with E-state index in [9.17, 15) is 4.79 Å². The van der Waals surface area contributed by atoms with Gasteiger partial charge in [-0.15, -0.1) is 0 Å². The molecule has 0 unspecified atom stereocenters. The van der Waals surface area contributed by atoms with Crippen molar-refractivity contribution >= 4 is 17.4 Å². The first-order valence-corrected chi connectivity index (χ1v) is 10.7. The Kier molecular flexibility index (Phi) is 5.64. The Hall–Kier alpha value is -3.59. The second-order valence-electron chi connectivity index (χ2n) is 7.74. The van der Waals surface area contributed by atoms with Gasteiger partial charge >= 0.3 is 0 Å². The molecule has 1 fully saturated rings. The number of anilines is 2. The Labute approximate surface area is 185 Å². The Morgan fingerprint density at radius 1 is 1.03 bits per heavy atom. The average molecular weight is 435 g/mol. The standard InChI is InChI=1S/C23H25N5O4/c1-27-15-18(22(26-27)16-3-5-19-20(13-16)32-10-2-9-31-19)23(29)25-17-4-6-21(24-14-17)28-7-11-30-12-8-28/h3-6,13-15H,2,7-12H2,1H3,(H,25,29). The Morgan fingerprint density at radius 3 is 2.62 bits per heavy atom. The summed E-state index contributed by atoms with van der Waals surface area (Å²) in [6.07, 6.45) is 4.22. The number of hydrogen-bond donors (Lipinski definition) is 1. The summed E-state index contributed by atoms with van der Waals surface area (Å²) in [5, 5.41) is 7.45. The predicted molar refractivity (Wildman–Crippen MR) is 119 cm³/mol. The summed E-state index contributed by atoms with van der Waals surface area (Å²) in [6.45, 7) is 4.25. The molecule has 0 saturated carbocycles. The van der Waals surface area contributed by atoms with Crippen molar-refractivity contribution in [3.8, 4) is 22.8 Å². The molecule has 9 nitrogen and oxygen atoms in total. The summed E-state index contributed by atoms with van der Waals surface area (Å²) < 4.78 is 18.5. The first-order valence-electron chi connectivity index (χ1n) is 10.7. The van der Waals surface area contributed by atoms with Gasteiger partial charge in [-0.3, -0.25) is 9.48 Å². The molecule has 32 heavy (non-hydrogen) atoms. The summed E-state index contributed by atoms with van der Waals surface area (Å²) in [6, 6.07) is 9.40. The minimum absolute atomic E-state index is 0.249. The van der Waals surface area contributed by atoms with E-state index in [-0.39, 0.29) is 5.91 Å². The van der Waals surface area contributed by atoms with E-state index in [1.807, 2.05) is 30.3 Å². The Bertz CT molecular complexity index is 1110. The highest BCUT2D eigenvalue weighted by Gasteiger charge is 2.20. The van der Waals surface area contributed by atoms with Crippen LogP contribution in [-0.2, 0) is 11.8 Å². The highest BCUT2D eigenvalue weighted by atomic mass is 16.5. The van der Waals surface area contributed by atoms with Crippen molar-refractivity contribution in [2.75, 3.05) is 49.7 Å². The number of nitrogens with zero attached hydrogens (tertiary/aromatic N) is 4. The van der Waals surface area contributed by atoms with Gasteiger partial charge in [0, 0.05) is 38.3 Å². The summed E-state index contributed by atoms with van der Waals surface area (Å²) in [7, 11) is 1.79. The molecule has 1 saturated heterocycles. The molecule has 1 amide bonds. The normalized spacial score (nSPS) is 15.8. The van der Waals surface area contributed by atoms with E-state index in [0.717, 1.165) is 30.9 Å². The Morgan fingerprint density at radius 2 is 1.84 bits per heavy atom. The number of aryl methyl sites for hydroxylation is 1. The number of hydrogen-bond acceptors (Lipinski definition) is 7. The highest BCUT2D eigenvalue weighted by molar-refractivity contribution is 6.08. The molecule has 1 aromatic carbocycles. The monoisotopic (exact) mass is 435 g/mol. The summed E-state index contributed by atoms with van der Waals surface area (Å²) in [5.74, 6) is 2.00. The maximum atomic E-state index is 13.1. The quantitative estimate of drug-likeness (QED) is 0.674. The molecular formula is C23H25N5O4. The number of benzene rings is 1. The maximum Gasteiger partial charge on any atom is 0.259 e. The molecule has 9 heteroatoms. The van der Waals surface area contributed by atoms with Crippen LogP contribution in [0.15, 0.2) is 42.7 Å². The Balaban J connectivity index is 1.35. The summed E-state index contributed by atoms with van der Waals surface area (Å²) >= 11 is 0. The van der Waals surface area contributed by atoms with E-state index in [4.69, 9.17) is 14.2 Å². The van der Waals surface area contributed by atoms with Crippen LogP contribution in [0.2, 0.25) is 0 Å². The number of carbonyl (C=O) groups excluding carboxylic acids is 1. The number of nitrogens with one attached hydrogen (secondary N) is 1. The third kappa shape index (κ3) is 4.24. The molecule has 2 aromatic heterocycles. The van der Waals surface area contributed by atoms with Crippen LogP contribution in [0.3, 0.4) is 0 Å². The summed E-state index contributed by atoms with van der Waals surface area (Å²) in [5.41, 5.74) is 2.47. The van der Waals surface area contributed by atoms with Gasteiger partial charge in [0.2, 0.25) is 0 Å². The van der Waals surface area contributed by atoms with Crippen LogP contribution in [0.1, 0.15) is 16.8 Å². The smallest absolute Gasteiger partial charge is 0.259 e. The lowest BCUT2D eigenvalue weighted by Crippen LogP contribution is -2.36. The maximum absolute atomic E-state index is 13.1. The van der Waals surface area contributed by atoms with Gasteiger partial charge in [-0.2, -0.15) is 5.10 Å². The van der Waals surface area contributed by atoms with Gasteiger partial charge in [-0.25, -0.2) is 4.98 Å². The molecule has 5 rings (SSSR count).